The summed E-state index contributed by atoms with van der Waals surface area (Å²) in [6.07, 6.45) is 3.83. The summed E-state index contributed by atoms with van der Waals surface area (Å²) in [4.78, 5) is 2.89. The zero-order valence-electron chi connectivity index (χ0n) is 17.6. The van der Waals surface area contributed by atoms with Crippen LogP contribution in [0.1, 0.15) is 39.2 Å². The van der Waals surface area contributed by atoms with E-state index in [1.807, 2.05) is 24.3 Å². The quantitative estimate of drug-likeness (QED) is 0.645. The van der Waals surface area contributed by atoms with Gasteiger partial charge in [0.15, 0.2) is 9.84 Å². The maximum Gasteiger partial charge on any atom is 0.185 e. The van der Waals surface area contributed by atoms with Gasteiger partial charge in [0, 0.05) is 25.0 Å². The maximum atomic E-state index is 14.0. The van der Waals surface area contributed by atoms with E-state index in [1.165, 1.54) is 11.1 Å². The van der Waals surface area contributed by atoms with Crippen molar-refractivity contribution in [3.05, 3.63) is 77.9 Å². The minimum atomic E-state index is -3.46. The highest BCUT2D eigenvalue weighted by Gasteiger charge is 2.60. The lowest BCUT2D eigenvalue weighted by Gasteiger charge is -2.39. The summed E-state index contributed by atoms with van der Waals surface area (Å²) in [5.41, 5.74) is 2.56. The Kier molecular flexibility index (Phi) is 5.43. The molecule has 29 heavy (non-hydrogen) atoms. The molecule has 1 saturated heterocycles. The molecule has 154 valence electrons. The van der Waals surface area contributed by atoms with Gasteiger partial charge in [-0.25, -0.2) is 8.42 Å². The molecule has 0 spiro atoms. The zero-order chi connectivity index (χ0) is 20.6. The van der Waals surface area contributed by atoms with E-state index in [0.717, 1.165) is 13.0 Å². The summed E-state index contributed by atoms with van der Waals surface area (Å²) in [5, 5.41) is 0. The van der Waals surface area contributed by atoms with Crippen LogP contribution >= 0.6 is 0 Å². The van der Waals surface area contributed by atoms with Gasteiger partial charge in [-0.15, -0.1) is 0 Å². The van der Waals surface area contributed by atoms with Crippen molar-refractivity contribution in [3.8, 4) is 0 Å². The Bertz CT molecular complexity index is 982. The number of nitrogens with zero attached hydrogens (tertiary/aromatic N) is 1. The predicted octanol–water partition coefficient (Wildman–Crippen LogP) is 5.10. The first kappa shape index (κ1) is 20.4. The van der Waals surface area contributed by atoms with Crippen molar-refractivity contribution in [3.63, 3.8) is 0 Å². The highest BCUT2D eigenvalue weighted by atomic mass is 32.2. The van der Waals surface area contributed by atoms with Gasteiger partial charge < -0.3 is 0 Å². The Morgan fingerprint density at radius 1 is 1.03 bits per heavy atom. The van der Waals surface area contributed by atoms with E-state index >= 15 is 0 Å². The fourth-order valence-corrected chi connectivity index (χ4v) is 7.69. The van der Waals surface area contributed by atoms with Crippen molar-refractivity contribution < 1.29 is 8.42 Å². The number of likely N-dealkylation sites (tertiary alicyclic amines) is 1. The third kappa shape index (κ3) is 3.47. The molecule has 0 amide bonds. The van der Waals surface area contributed by atoms with Crippen LogP contribution in [-0.4, -0.2) is 30.7 Å². The van der Waals surface area contributed by atoms with Gasteiger partial charge in [-0.3, -0.25) is 4.90 Å². The Balaban J connectivity index is 1.81. The van der Waals surface area contributed by atoms with Gasteiger partial charge in [0.05, 0.1) is 9.64 Å². The minimum absolute atomic E-state index is 0.0187. The molecular formula is C25H31NO2S. The molecule has 3 nitrogen and oxygen atoms in total. The molecule has 2 aliphatic rings. The van der Waals surface area contributed by atoms with Crippen LogP contribution in [0.25, 0.3) is 0 Å². The second-order valence-corrected chi connectivity index (χ2v) is 11.3. The van der Waals surface area contributed by atoms with Gasteiger partial charge in [-0.2, -0.15) is 0 Å². The fraction of sp³-hybridized carbons (Fsp3) is 0.440. The SMILES string of the molecule is CC1=C[C@H]2[C@H](C(C)C)N(Cc3ccccc3)C[C@@]2(S(=O)(=O)c2ccccc2)CC1. The van der Waals surface area contributed by atoms with Crippen LogP contribution in [0.5, 0.6) is 0 Å². The van der Waals surface area contributed by atoms with Crippen molar-refractivity contribution in [1.82, 2.24) is 4.90 Å². The number of rotatable bonds is 5. The second kappa shape index (κ2) is 7.73. The lowest BCUT2D eigenvalue weighted by Crippen LogP contribution is -2.48. The topological polar surface area (TPSA) is 37.4 Å². The van der Waals surface area contributed by atoms with Gasteiger partial charge in [0.25, 0.3) is 0 Å². The van der Waals surface area contributed by atoms with Crippen LogP contribution in [0.15, 0.2) is 77.2 Å². The zero-order valence-corrected chi connectivity index (χ0v) is 18.4. The van der Waals surface area contributed by atoms with Crippen LogP contribution in [0.4, 0.5) is 0 Å². The molecular weight excluding hydrogens is 378 g/mol. The van der Waals surface area contributed by atoms with E-state index < -0.39 is 14.6 Å². The first-order valence-electron chi connectivity index (χ1n) is 10.6. The van der Waals surface area contributed by atoms with Gasteiger partial charge in [-0.05, 0) is 43.4 Å². The first-order chi connectivity index (χ1) is 13.8. The molecule has 1 fully saturated rings. The van der Waals surface area contributed by atoms with Crippen molar-refractivity contribution in [2.24, 2.45) is 11.8 Å². The normalized spacial score (nSPS) is 27.7. The highest BCUT2D eigenvalue weighted by Crippen LogP contribution is 2.51. The van der Waals surface area contributed by atoms with E-state index in [-0.39, 0.29) is 12.0 Å². The van der Waals surface area contributed by atoms with Gasteiger partial charge in [-0.1, -0.05) is 74.0 Å². The number of sulfone groups is 1. The molecule has 0 unspecified atom stereocenters. The molecule has 1 heterocycles. The molecule has 1 aliphatic carbocycles. The number of fused-ring (bicyclic) bond motifs is 1. The summed E-state index contributed by atoms with van der Waals surface area (Å²) in [6.45, 7) is 7.99. The van der Waals surface area contributed by atoms with Crippen LogP contribution in [0.2, 0.25) is 0 Å². The van der Waals surface area contributed by atoms with Crippen LogP contribution in [0, 0.1) is 11.8 Å². The Morgan fingerprint density at radius 3 is 2.28 bits per heavy atom. The highest BCUT2D eigenvalue weighted by molar-refractivity contribution is 7.93. The van der Waals surface area contributed by atoms with Gasteiger partial charge >= 0.3 is 0 Å². The number of hydrogen-bond acceptors (Lipinski definition) is 3. The average Bonchev–Trinajstić information content (AvgIpc) is 3.04. The van der Waals surface area contributed by atoms with E-state index in [1.54, 1.807) is 12.1 Å². The van der Waals surface area contributed by atoms with Crippen LogP contribution in [0.3, 0.4) is 0 Å². The van der Waals surface area contributed by atoms with Crippen molar-refractivity contribution in [1.29, 1.82) is 0 Å². The summed E-state index contributed by atoms with van der Waals surface area (Å²) in [7, 11) is -3.46. The Labute approximate surface area is 175 Å². The largest absolute Gasteiger partial charge is 0.294 e. The lowest BCUT2D eigenvalue weighted by molar-refractivity contribution is 0.181. The van der Waals surface area contributed by atoms with E-state index in [4.69, 9.17) is 0 Å². The predicted molar refractivity (Wildman–Crippen MR) is 118 cm³/mol. The van der Waals surface area contributed by atoms with Gasteiger partial charge in [0.1, 0.15) is 0 Å². The second-order valence-electron chi connectivity index (χ2n) is 9.05. The smallest absolute Gasteiger partial charge is 0.185 e. The fourth-order valence-electron chi connectivity index (χ4n) is 5.44. The molecule has 0 bridgehead atoms. The number of hydrogen-bond donors (Lipinski definition) is 0. The Hall–Kier alpha value is -1.91. The average molecular weight is 410 g/mol. The van der Waals surface area contributed by atoms with Crippen molar-refractivity contribution in [2.75, 3.05) is 6.54 Å². The lowest BCUT2D eigenvalue weighted by atomic mass is 9.77. The Morgan fingerprint density at radius 2 is 1.66 bits per heavy atom. The monoisotopic (exact) mass is 409 g/mol. The molecule has 1 aliphatic heterocycles. The third-order valence-corrected chi connectivity index (χ3v) is 9.34. The molecule has 0 N–H and O–H groups in total. The first-order valence-corrected chi connectivity index (χ1v) is 12.1. The maximum absolute atomic E-state index is 14.0. The van der Waals surface area contributed by atoms with E-state index in [2.05, 4.69) is 56.0 Å². The van der Waals surface area contributed by atoms with Crippen LogP contribution < -0.4 is 0 Å². The van der Waals surface area contributed by atoms with Crippen molar-refractivity contribution >= 4 is 9.84 Å². The van der Waals surface area contributed by atoms with Crippen LogP contribution in [-0.2, 0) is 16.4 Å². The van der Waals surface area contributed by atoms with E-state index in [0.29, 0.717) is 23.8 Å². The standard InChI is InChI=1S/C25H31NO2S/c1-19(2)24-23-16-20(3)14-15-25(23,29(27,28)22-12-8-5-9-13-22)18-26(24)17-21-10-6-4-7-11-21/h4-13,16,19,23-24H,14-15,17-18H2,1-3H3/t23-,24-,25-/m0/s1. The molecule has 0 saturated carbocycles. The number of allylic oxidation sites excluding steroid dienone is 1. The van der Waals surface area contributed by atoms with Crippen molar-refractivity contribution in [2.45, 2.75) is 55.8 Å². The summed E-state index contributed by atoms with van der Waals surface area (Å²) >= 11 is 0. The molecule has 4 heteroatoms. The van der Waals surface area contributed by atoms with Gasteiger partial charge in [0.2, 0.25) is 0 Å². The third-order valence-electron chi connectivity index (χ3n) is 6.77. The molecule has 0 aromatic heterocycles. The molecule has 2 aromatic carbocycles. The summed E-state index contributed by atoms with van der Waals surface area (Å²) in [6, 6.07) is 19.7. The molecule has 4 rings (SSSR count). The summed E-state index contributed by atoms with van der Waals surface area (Å²) in [5.74, 6) is 0.392. The summed E-state index contributed by atoms with van der Waals surface area (Å²) < 4.78 is 27.3. The molecule has 3 atom stereocenters. The number of benzene rings is 2. The molecule has 2 aromatic rings. The molecule has 0 radical (unpaired) electrons. The van der Waals surface area contributed by atoms with E-state index in [9.17, 15) is 8.42 Å². The minimum Gasteiger partial charge on any atom is -0.294 e.